The Morgan fingerprint density at radius 3 is 2.11 bits per heavy atom. The molecule has 2 aliphatic rings. The van der Waals surface area contributed by atoms with Gasteiger partial charge in [-0.25, -0.2) is 8.42 Å². The zero-order valence-electron chi connectivity index (χ0n) is 11.0. The summed E-state index contributed by atoms with van der Waals surface area (Å²) in [5, 5.41) is 0. The smallest absolute Gasteiger partial charge is 0.327 e. The molecular formula is C12H21NO4S. The topological polar surface area (TPSA) is 72.5 Å². The molecule has 0 unspecified atom stereocenters. The number of nitrogens with one attached hydrogen (secondary N) is 1. The van der Waals surface area contributed by atoms with Gasteiger partial charge in [0.1, 0.15) is 5.54 Å². The van der Waals surface area contributed by atoms with E-state index in [1.54, 1.807) is 6.92 Å². The molecule has 2 aliphatic carbocycles. The number of carbonyl (C=O) groups is 1. The Morgan fingerprint density at radius 2 is 1.67 bits per heavy atom. The standard InChI is InChI=1S/C12H21NO4S/c1-11(8-9-11)18(15,16)13-12(10(14)17-2)6-4-3-5-7-12/h13H,3-9H2,1-2H3. The second-order valence-electron chi connectivity index (χ2n) is 5.69. The van der Waals surface area contributed by atoms with Crippen molar-refractivity contribution in [2.24, 2.45) is 0 Å². The van der Waals surface area contributed by atoms with Crippen molar-refractivity contribution in [2.45, 2.75) is 62.2 Å². The fourth-order valence-electron chi connectivity index (χ4n) is 2.52. The van der Waals surface area contributed by atoms with Crippen LogP contribution in [-0.4, -0.2) is 31.8 Å². The minimum absolute atomic E-state index is 0.449. The minimum atomic E-state index is -3.45. The van der Waals surface area contributed by atoms with Crippen LogP contribution in [0.2, 0.25) is 0 Å². The van der Waals surface area contributed by atoms with Gasteiger partial charge in [0, 0.05) is 0 Å². The number of sulfonamides is 1. The summed E-state index contributed by atoms with van der Waals surface area (Å²) >= 11 is 0. The maximum Gasteiger partial charge on any atom is 0.327 e. The van der Waals surface area contributed by atoms with Gasteiger partial charge in [0.15, 0.2) is 0 Å². The molecule has 0 radical (unpaired) electrons. The van der Waals surface area contributed by atoms with Crippen LogP contribution in [0.15, 0.2) is 0 Å². The number of esters is 1. The summed E-state index contributed by atoms with van der Waals surface area (Å²) in [6.45, 7) is 1.73. The van der Waals surface area contributed by atoms with Crippen molar-refractivity contribution in [1.82, 2.24) is 4.72 Å². The molecule has 0 aliphatic heterocycles. The van der Waals surface area contributed by atoms with E-state index in [-0.39, 0.29) is 0 Å². The van der Waals surface area contributed by atoms with Crippen LogP contribution in [0, 0.1) is 0 Å². The Labute approximate surface area is 108 Å². The van der Waals surface area contributed by atoms with Crippen LogP contribution in [0.25, 0.3) is 0 Å². The predicted molar refractivity (Wildman–Crippen MR) is 67.5 cm³/mol. The highest BCUT2D eigenvalue weighted by Crippen LogP contribution is 2.44. The van der Waals surface area contributed by atoms with Crippen molar-refractivity contribution in [3.63, 3.8) is 0 Å². The molecule has 0 aromatic rings. The molecule has 0 aromatic carbocycles. The van der Waals surface area contributed by atoms with Gasteiger partial charge in [-0.15, -0.1) is 0 Å². The van der Waals surface area contributed by atoms with Crippen molar-refractivity contribution < 1.29 is 17.9 Å². The zero-order chi connectivity index (χ0) is 13.4. The van der Waals surface area contributed by atoms with Crippen LogP contribution in [0.5, 0.6) is 0 Å². The number of rotatable bonds is 4. The van der Waals surface area contributed by atoms with Crippen LogP contribution in [0.4, 0.5) is 0 Å². The Balaban J connectivity index is 2.23. The molecule has 6 heteroatoms. The second kappa shape index (κ2) is 4.49. The number of methoxy groups -OCH3 is 1. The fourth-order valence-corrected chi connectivity index (χ4v) is 4.21. The molecule has 0 heterocycles. The third-order valence-electron chi connectivity index (χ3n) is 4.22. The minimum Gasteiger partial charge on any atom is -0.468 e. The second-order valence-corrected chi connectivity index (χ2v) is 7.89. The Morgan fingerprint density at radius 1 is 1.11 bits per heavy atom. The summed E-state index contributed by atoms with van der Waals surface area (Å²) in [4.78, 5) is 12.0. The van der Waals surface area contributed by atoms with E-state index in [2.05, 4.69) is 4.72 Å². The van der Waals surface area contributed by atoms with Gasteiger partial charge in [0.25, 0.3) is 0 Å². The lowest BCUT2D eigenvalue weighted by Gasteiger charge is -2.35. The summed E-state index contributed by atoms with van der Waals surface area (Å²) in [5.41, 5.74) is -1.03. The van der Waals surface area contributed by atoms with E-state index in [1.165, 1.54) is 7.11 Å². The molecule has 0 spiro atoms. The maximum atomic E-state index is 12.3. The van der Waals surface area contributed by atoms with Gasteiger partial charge in [-0.2, -0.15) is 4.72 Å². The van der Waals surface area contributed by atoms with Crippen LogP contribution < -0.4 is 4.72 Å². The van der Waals surface area contributed by atoms with E-state index in [0.717, 1.165) is 19.3 Å². The SMILES string of the molecule is COC(=O)C1(NS(=O)(=O)C2(C)CC2)CCCCC1. The average molecular weight is 275 g/mol. The van der Waals surface area contributed by atoms with Gasteiger partial charge in [0.05, 0.1) is 11.9 Å². The van der Waals surface area contributed by atoms with Crippen LogP contribution in [0.1, 0.15) is 51.9 Å². The van der Waals surface area contributed by atoms with Gasteiger partial charge in [0.2, 0.25) is 10.0 Å². The third kappa shape index (κ3) is 2.28. The lowest BCUT2D eigenvalue weighted by molar-refractivity contribution is -0.149. The van der Waals surface area contributed by atoms with Gasteiger partial charge in [-0.1, -0.05) is 19.3 Å². The Hall–Kier alpha value is -0.620. The van der Waals surface area contributed by atoms with Gasteiger partial charge in [-0.3, -0.25) is 4.79 Å². The highest BCUT2D eigenvalue weighted by Gasteiger charge is 2.54. The van der Waals surface area contributed by atoms with E-state index >= 15 is 0 Å². The molecule has 0 saturated heterocycles. The first kappa shape index (κ1) is 13.8. The summed E-state index contributed by atoms with van der Waals surface area (Å²) in [6, 6.07) is 0. The molecule has 1 N–H and O–H groups in total. The van der Waals surface area contributed by atoms with Crippen LogP contribution in [-0.2, 0) is 19.6 Å². The van der Waals surface area contributed by atoms with E-state index in [1.807, 2.05) is 0 Å². The molecule has 2 saturated carbocycles. The summed E-state index contributed by atoms with van der Waals surface area (Å²) in [6.07, 6.45) is 5.16. The Bertz CT molecular complexity index is 433. The monoisotopic (exact) mass is 275 g/mol. The highest BCUT2D eigenvalue weighted by molar-refractivity contribution is 7.91. The molecule has 2 rings (SSSR count). The molecular weight excluding hydrogens is 254 g/mol. The number of hydrogen-bond donors (Lipinski definition) is 1. The number of hydrogen-bond acceptors (Lipinski definition) is 4. The number of ether oxygens (including phenoxy) is 1. The summed E-state index contributed by atoms with van der Waals surface area (Å²) < 4.78 is 31.4. The van der Waals surface area contributed by atoms with Crippen LogP contribution >= 0.6 is 0 Å². The van der Waals surface area contributed by atoms with E-state index in [0.29, 0.717) is 25.7 Å². The zero-order valence-corrected chi connectivity index (χ0v) is 11.8. The molecule has 18 heavy (non-hydrogen) atoms. The first-order valence-corrected chi connectivity index (χ1v) is 7.96. The van der Waals surface area contributed by atoms with Crippen molar-refractivity contribution in [3.8, 4) is 0 Å². The fraction of sp³-hybridized carbons (Fsp3) is 0.917. The van der Waals surface area contributed by atoms with Crippen molar-refractivity contribution >= 4 is 16.0 Å². The maximum absolute atomic E-state index is 12.3. The van der Waals surface area contributed by atoms with Crippen LogP contribution in [0.3, 0.4) is 0 Å². The summed E-state index contributed by atoms with van der Waals surface area (Å²) in [7, 11) is -2.14. The molecule has 104 valence electrons. The van der Waals surface area contributed by atoms with Gasteiger partial charge >= 0.3 is 5.97 Å². The summed E-state index contributed by atoms with van der Waals surface area (Å²) in [5.74, 6) is -0.449. The molecule has 0 bridgehead atoms. The van der Waals surface area contributed by atoms with Crippen molar-refractivity contribution in [2.75, 3.05) is 7.11 Å². The molecule has 0 atom stereocenters. The Kier molecular flexibility index (Phi) is 3.44. The molecule has 0 amide bonds. The number of carbonyl (C=O) groups excluding carboxylic acids is 1. The lowest BCUT2D eigenvalue weighted by Crippen LogP contribution is -2.58. The normalized spacial score (nSPS) is 25.4. The highest BCUT2D eigenvalue weighted by atomic mass is 32.2. The third-order valence-corrected chi connectivity index (χ3v) is 6.58. The average Bonchev–Trinajstić information content (AvgIpc) is 3.08. The van der Waals surface area contributed by atoms with Crippen molar-refractivity contribution in [3.05, 3.63) is 0 Å². The van der Waals surface area contributed by atoms with E-state index < -0.39 is 26.3 Å². The van der Waals surface area contributed by atoms with Gasteiger partial charge < -0.3 is 4.74 Å². The first-order valence-electron chi connectivity index (χ1n) is 6.47. The van der Waals surface area contributed by atoms with E-state index in [4.69, 9.17) is 4.74 Å². The lowest BCUT2D eigenvalue weighted by atomic mass is 9.83. The van der Waals surface area contributed by atoms with E-state index in [9.17, 15) is 13.2 Å². The van der Waals surface area contributed by atoms with Gasteiger partial charge in [-0.05, 0) is 32.6 Å². The van der Waals surface area contributed by atoms with Crippen molar-refractivity contribution in [1.29, 1.82) is 0 Å². The quantitative estimate of drug-likeness (QED) is 0.786. The predicted octanol–water partition coefficient (Wildman–Crippen LogP) is 1.33. The molecule has 5 nitrogen and oxygen atoms in total. The molecule has 0 aromatic heterocycles. The largest absolute Gasteiger partial charge is 0.468 e. The first-order chi connectivity index (χ1) is 8.35. The molecule has 2 fully saturated rings.